The van der Waals surface area contributed by atoms with Gasteiger partial charge in [-0.2, -0.15) is 5.10 Å². The third-order valence-corrected chi connectivity index (χ3v) is 3.93. The summed E-state index contributed by atoms with van der Waals surface area (Å²) in [7, 11) is 1.86. The second-order valence-electron chi connectivity index (χ2n) is 6.40. The second kappa shape index (κ2) is 6.91. The molecule has 0 radical (unpaired) electrons. The van der Waals surface area contributed by atoms with Crippen molar-refractivity contribution in [3.63, 3.8) is 0 Å². The molecule has 2 atom stereocenters. The van der Waals surface area contributed by atoms with Gasteiger partial charge in [-0.25, -0.2) is 0 Å². The maximum Gasteiger partial charge on any atom is 0.237 e. The van der Waals surface area contributed by atoms with Crippen molar-refractivity contribution in [3.8, 4) is 0 Å². The zero-order chi connectivity index (χ0) is 16.3. The molecule has 1 fully saturated rings. The molecule has 2 amide bonds. The maximum absolute atomic E-state index is 12.9. The van der Waals surface area contributed by atoms with Crippen molar-refractivity contribution in [1.82, 2.24) is 20.0 Å². The molecule has 0 aliphatic carbocycles. The molecule has 7 nitrogen and oxygen atoms in total. The molecular weight excluding hydrogens is 282 g/mol. The Bertz CT molecular complexity index is 540. The van der Waals surface area contributed by atoms with Crippen LogP contribution in [0.15, 0.2) is 12.4 Å². The van der Waals surface area contributed by atoms with Gasteiger partial charge in [0.25, 0.3) is 0 Å². The minimum atomic E-state index is -0.474. The predicted molar refractivity (Wildman–Crippen MR) is 82.9 cm³/mol. The first kappa shape index (κ1) is 16.5. The van der Waals surface area contributed by atoms with Crippen LogP contribution >= 0.6 is 0 Å². The number of aromatic nitrogens is 2. The molecule has 1 aliphatic heterocycles. The maximum atomic E-state index is 12.9. The third-order valence-electron chi connectivity index (χ3n) is 3.93. The van der Waals surface area contributed by atoms with Gasteiger partial charge in [-0.1, -0.05) is 13.8 Å². The highest BCUT2D eigenvalue weighted by molar-refractivity contribution is 5.86. The van der Waals surface area contributed by atoms with Crippen molar-refractivity contribution in [2.75, 3.05) is 26.2 Å². The van der Waals surface area contributed by atoms with E-state index in [0.717, 1.165) is 12.1 Å². The van der Waals surface area contributed by atoms with Gasteiger partial charge in [0.05, 0.1) is 18.7 Å². The third kappa shape index (κ3) is 3.85. The van der Waals surface area contributed by atoms with Crippen LogP contribution in [0.3, 0.4) is 0 Å². The Hall–Kier alpha value is -1.89. The van der Waals surface area contributed by atoms with E-state index in [1.807, 2.05) is 27.1 Å². The summed E-state index contributed by atoms with van der Waals surface area (Å²) in [6.45, 7) is 5.92. The summed E-state index contributed by atoms with van der Waals surface area (Å²) in [5.74, 6) is -0.287. The molecule has 1 aliphatic rings. The molecule has 0 saturated carbocycles. The van der Waals surface area contributed by atoms with Gasteiger partial charge >= 0.3 is 0 Å². The Kier molecular flexibility index (Phi) is 5.18. The van der Waals surface area contributed by atoms with E-state index in [0.29, 0.717) is 13.1 Å². The van der Waals surface area contributed by atoms with E-state index in [1.165, 1.54) is 0 Å². The Balaban J connectivity index is 2.15. The highest BCUT2D eigenvalue weighted by atomic mass is 16.2. The number of carbonyl (C=O) groups excluding carboxylic acids is 2. The van der Waals surface area contributed by atoms with Crippen LogP contribution in [0, 0.1) is 11.8 Å². The Morgan fingerprint density at radius 2 is 2.23 bits per heavy atom. The molecule has 1 aromatic heterocycles. The van der Waals surface area contributed by atoms with Crippen molar-refractivity contribution < 1.29 is 9.59 Å². The van der Waals surface area contributed by atoms with Crippen LogP contribution in [0.2, 0.25) is 0 Å². The molecule has 7 heteroatoms. The highest BCUT2D eigenvalue weighted by Gasteiger charge is 2.37. The topological polar surface area (TPSA) is 93.2 Å². The molecule has 122 valence electrons. The largest absolute Gasteiger partial charge is 0.368 e. The van der Waals surface area contributed by atoms with Crippen LogP contribution in [0.1, 0.15) is 25.3 Å². The molecule has 1 aromatic rings. The van der Waals surface area contributed by atoms with Crippen molar-refractivity contribution in [2.45, 2.75) is 19.8 Å². The van der Waals surface area contributed by atoms with Crippen molar-refractivity contribution in [2.24, 2.45) is 24.6 Å². The summed E-state index contributed by atoms with van der Waals surface area (Å²) in [4.78, 5) is 25.7. The van der Waals surface area contributed by atoms with E-state index >= 15 is 0 Å². The number of nitrogens with one attached hydrogen (secondary N) is 1. The SMILES string of the molecule is CC(C)CN(CC(N)=O)C(=O)[C@H]1CNC[C@@H]1c1cnn(C)c1. The first-order valence-corrected chi connectivity index (χ1v) is 7.64. The first-order chi connectivity index (χ1) is 10.4. The summed E-state index contributed by atoms with van der Waals surface area (Å²) in [6, 6.07) is 0. The van der Waals surface area contributed by atoms with Crippen LogP contribution in [-0.4, -0.2) is 52.7 Å². The Morgan fingerprint density at radius 1 is 1.50 bits per heavy atom. The highest BCUT2D eigenvalue weighted by Crippen LogP contribution is 2.29. The lowest BCUT2D eigenvalue weighted by Gasteiger charge is -2.28. The zero-order valence-electron chi connectivity index (χ0n) is 13.5. The van der Waals surface area contributed by atoms with E-state index < -0.39 is 5.91 Å². The molecule has 0 bridgehead atoms. The normalized spacial score (nSPS) is 21.3. The quantitative estimate of drug-likeness (QED) is 0.754. The van der Waals surface area contributed by atoms with E-state index in [4.69, 9.17) is 5.73 Å². The number of hydrogen-bond acceptors (Lipinski definition) is 4. The van der Waals surface area contributed by atoms with Gasteiger partial charge in [-0.05, 0) is 11.5 Å². The molecule has 22 heavy (non-hydrogen) atoms. The number of hydrogen-bond donors (Lipinski definition) is 2. The summed E-state index contributed by atoms with van der Waals surface area (Å²) in [6.07, 6.45) is 3.75. The minimum absolute atomic E-state index is 0.00801. The minimum Gasteiger partial charge on any atom is -0.368 e. The van der Waals surface area contributed by atoms with E-state index in [9.17, 15) is 9.59 Å². The van der Waals surface area contributed by atoms with Gasteiger partial charge in [0.15, 0.2) is 0 Å². The van der Waals surface area contributed by atoms with Crippen LogP contribution in [0.4, 0.5) is 0 Å². The van der Waals surface area contributed by atoms with Gasteiger partial charge in [0, 0.05) is 38.8 Å². The summed E-state index contributed by atoms with van der Waals surface area (Å²) < 4.78 is 1.74. The lowest BCUT2D eigenvalue weighted by Crippen LogP contribution is -2.45. The zero-order valence-corrected chi connectivity index (χ0v) is 13.5. The standard InChI is InChI=1S/C15H25N5O2/c1-10(2)7-20(9-14(16)21)15(22)13-6-17-5-12(13)11-4-18-19(3)8-11/h4,8,10,12-13,17H,5-7,9H2,1-3H3,(H2,16,21)/t12-,13+/m1/s1. The molecule has 2 heterocycles. The molecule has 2 rings (SSSR count). The second-order valence-corrected chi connectivity index (χ2v) is 6.40. The monoisotopic (exact) mass is 307 g/mol. The van der Waals surface area contributed by atoms with Gasteiger partial charge in [0.2, 0.25) is 11.8 Å². The lowest BCUT2D eigenvalue weighted by molar-refractivity contribution is -0.139. The van der Waals surface area contributed by atoms with Crippen LogP contribution in [0.5, 0.6) is 0 Å². The number of primary amides is 1. The van der Waals surface area contributed by atoms with Gasteiger partial charge in [-0.15, -0.1) is 0 Å². The number of carbonyl (C=O) groups is 2. The van der Waals surface area contributed by atoms with Gasteiger partial charge in [-0.3, -0.25) is 14.3 Å². The van der Waals surface area contributed by atoms with Crippen molar-refractivity contribution in [1.29, 1.82) is 0 Å². The van der Waals surface area contributed by atoms with E-state index in [2.05, 4.69) is 10.4 Å². The predicted octanol–water partition coefficient (Wildman–Crippen LogP) is -0.307. The molecular formula is C15H25N5O2. The van der Waals surface area contributed by atoms with Crippen molar-refractivity contribution >= 4 is 11.8 Å². The molecule has 0 unspecified atom stereocenters. The average Bonchev–Trinajstić information content (AvgIpc) is 3.04. The number of rotatable bonds is 6. The van der Waals surface area contributed by atoms with Crippen molar-refractivity contribution in [3.05, 3.63) is 18.0 Å². The summed E-state index contributed by atoms with van der Waals surface area (Å²) in [5, 5.41) is 7.46. The van der Waals surface area contributed by atoms with Crippen LogP contribution in [0.25, 0.3) is 0 Å². The molecule has 0 spiro atoms. The van der Waals surface area contributed by atoms with E-state index in [-0.39, 0.29) is 30.2 Å². The summed E-state index contributed by atoms with van der Waals surface area (Å²) in [5.41, 5.74) is 6.34. The first-order valence-electron chi connectivity index (χ1n) is 7.64. The average molecular weight is 307 g/mol. The Morgan fingerprint density at radius 3 is 2.77 bits per heavy atom. The van der Waals surface area contributed by atoms with Crippen LogP contribution in [-0.2, 0) is 16.6 Å². The van der Waals surface area contributed by atoms with Gasteiger partial charge < -0.3 is 16.0 Å². The van der Waals surface area contributed by atoms with Crippen LogP contribution < -0.4 is 11.1 Å². The number of nitrogens with zero attached hydrogens (tertiary/aromatic N) is 3. The fourth-order valence-corrected chi connectivity index (χ4v) is 3.02. The molecule has 1 saturated heterocycles. The fraction of sp³-hybridized carbons (Fsp3) is 0.667. The number of amides is 2. The summed E-state index contributed by atoms with van der Waals surface area (Å²) >= 11 is 0. The fourth-order valence-electron chi connectivity index (χ4n) is 3.02. The molecule has 3 N–H and O–H groups in total. The Labute approximate surface area is 130 Å². The lowest BCUT2D eigenvalue weighted by atomic mass is 9.89. The number of nitrogens with two attached hydrogens (primary N) is 1. The molecule has 0 aromatic carbocycles. The van der Waals surface area contributed by atoms with E-state index in [1.54, 1.807) is 15.8 Å². The smallest absolute Gasteiger partial charge is 0.237 e. The number of aryl methyl sites for hydroxylation is 1. The van der Waals surface area contributed by atoms with Gasteiger partial charge in [0.1, 0.15) is 0 Å².